The fraction of sp³-hybridized carbons (Fsp3) is 0.667. The van der Waals surface area contributed by atoms with Crippen molar-refractivity contribution in [2.45, 2.75) is 19.3 Å². The van der Waals surface area contributed by atoms with Gasteiger partial charge in [-0.25, -0.2) is 4.98 Å². The Balaban J connectivity index is 1.86. The normalized spacial score (nSPS) is 24.2. The largest absolute Gasteiger partial charge is 0.449 e. The van der Waals surface area contributed by atoms with Crippen molar-refractivity contribution in [1.82, 2.24) is 10.3 Å². The molecular formula is C9H14N2O. The molecule has 1 aromatic heterocycles. The number of nitrogens with zero attached hydrogens (tertiary/aromatic N) is 1. The molecule has 1 N–H and O–H groups in total. The van der Waals surface area contributed by atoms with Crippen LogP contribution in [-0.4, -0.2) is 18.1 Å². The van der Waals surface area contributed by atoms with Gasteiger partial charge in [-0.2, -0.15) is 0 Å². The fourth-order valence-electron chi connectivity index (χ4n) is 1.70. The molecule has 3 heteroatoms. The zero-order valence-electron chi connectivity index (χ0n) is 7.12. The van der Waals surface area contributed by atoms with Gasteiger partial charge in [-0.05, 0) is 31.8 Å². The first-order chi connectivity index (χ1) is 5.95. The van der Waals surface area contributed by atoms with Crippen LogP contribution in [0.1, 0.15) is 18.7 Å². The van der Waals surface area contributed by atoms with Crippen LogP contribution in [0.5, 0.6) is 0 Å². The fourth-order valence-corrected chi connectivity index (χ4v) is 1.70. The zero-order valence-corrected chi connectivity index (χ0v) is 7.12. The quantitative estimate of drug-likeness (QED) is 0.717. The molecule has 2 rings (SSSR count). The van der Waals surface area contributed by atoms with E-state index in [0.717, 1.165) is 24.8 Å². The predicted octanol–water partition coefficient (Wildman–Crippen LogP) is 1.22. The summed E-state index contributed by atoms with van der Waals surface area (Å²) < 4.78 is 5.20. The Morgan fingerprint density at radius 1 is 1.67 bits per heavy atom. The summed E-state index contributed by atoms with van der Waals surface area (Å²) in [5.41, 5.74) is 0. The van der Waals surface area contributed by atoms with Crippen molar-refractivity contribution in [3.63, 3.8) is 0 Å². The molecule has 0 radical (unpaired) electrons. The summed E-state index contributed by atoms with van der Waals surface area (Å²) in [7, 11) is 0. The van der Waals surface area contributed by atoms with Crippen LogP contribution in [0.15, 0.2) is 16.9 Å². The maximum absolute atomic E-state index is 5.20. The third-order valence-electron chi connectivity index (χ3n) is 2.35. The summed E-state index contributed by atoms with van der Waals surface area (Å²) in [4.78, 5) is 4.12. The van der Waals surface area contributed by atoms with E-state index in [-0.39, 0.29) is 0 Å². The van der Waals surface area contributed by atoms with Crippen molar-refractivity contribution in [3.05, 3.63) is 18.4 Å². The average Bonchev–Trinajstić information content (AvgIpc) is 2.59. The highest BCUT2D eigenvalue weighted by Crippen LogP contribution is 2.14. The second kappa shape index (κ2) is 3.72. The Morgan fingerprint density at radius 3 is 3.33 bits per heavy atom. The van der Waals surface area contributed by atoms with Gasteiger partial charge in [-0.1, -0.05) is 0 Å². The Labute approximate surface area is 72.2 Å². The molecule has 66 valence electrons. The predicted molar refractivity (Wildman–Crippen MR) is 45.8 cm³/mol. The van der Waals surface area contributed by atoms with E-state index in [4.69, 9.17) is 4.42 Å². The van der Waals surface area contributed by atoms with Gasteiger partial charge in [-0.3, -0.25) is 0 Å². The van der Waals surface area contributed by atoms with E-state index in [1.165, 1.54) is 19.4 Å². The van der Waals surface area contributed by atoms with Crippen LogP contribution in [0.25, 0.3) is 0 Å². The van der Waals surface area contributed by atoms with Crippen molar-refractivity contribution in [1.29, 1.82) is 0 Å². The lowest BCUT2D eigenvalue weighted by molar-refractivity contribution is 0.345. The molecule has 1 aliphatic heterocycles. The van der Waals surface area contributed by atoms with Gasteiger partial charge in [0.25, 0.3) is 0 Å². The van der Waals surface area contributed by atoms with Gasteiger partial charge in [-0.15, -0.1) is 0 Å². The number of rotatable bonds is 2. The van der Waals surface area contributed by atoms with E-state index in [9.17, 15) is 0 Å². The van der Waals surface area contributed by atoms with Crippen LogP contribution in [0.3, 0.4) is 0 Å². The molecule has 1 saturated heterocycles. The summed E-state index contributed by atoms with van der Waals surface area (Å²) in [6.45, 7) is 2.28. The summed E-state index contributed by atoms with van der Waals surface area (Å²) >= 11 is 0. The van der Waals surface area contributed by atoms with E-state index in [2.05, 4.69) is 10.3 Å². The monoisotopic (exact) mass is 166 g/mol. The van der Waals surface area contributed by atoms with E-state index in [1.807, 2.05) is 0 Å². The molecule has 12 heavy (non-hydrogen) atoms. The standard InChI is InChI=1S/C9H14N2O/c1-2-8(7-10-3-1)6-9-11-4-5-12-9/h4-5,8,10H,1-3,6-7H2. The molecule has 1 atom stereocenters. The highest BCUT2D eigenvalue weighted by atomic mass is 16.3. The first kappa shape index (κ1) is 7.80. The number of aromatic nitrogens is 1. The van der Waals surface area contributed by atoms with Crippen molar-refractivity contribution in [2.75, 3.05) is 13.1 Å². The van der Waals surface area contributed by atoms with Crippen LogP contribution in [0.4, 0.5) is 0 Å². The number of hydrogen-bond acceptors (Lipinski definition) is 3. The molecule has 0 aromatic carbocycles. The number of nitrogens with one attached hydrogen (secondary N) is 1. The minimum absolute atomic E-state index is 0.720. The molecular weight excluding hydrogens is 152 g/mol. The molecule has 1 aliphatic rings. The first-order valence-corrected chi connectivity index (χ1v) is 4.54. The van der Waals surface area contributed by atoms with Crippen LogP contribution in [0.2, 0.25) is 0 Å². The molecule has 3 nitrogen and oxygen atoms in total. The molecule has 0 spiro atoms. The third kappa shape index (κ3) is 1.85. The van der Waals surface area contributed by atoms with Crippen molar-refractivity contribution < 1.29 is 4.42 Å². The number of hydrogen-bond donors (Lipinski definition) is 1. The van der Waals surface area contributed by atoms with Crippen LogP contribution >= 0.6 is 0 Å². The molecule has 0 amide bonds. The molecule has 1 fully saturated rings. The molecule has 2 heterocycles. The third-order valence-corrected chi connectivity index (χ3v) is 2.35. The minimum Gasteiger partial charge on any atom is -0.449 e. The molecule has 0 bridgehead atoms. The van der Waals surface area contributed by atoms with Gasteiger partial charge < -0.3 is 9.73 Å². The van der Waals surface area contributed by atoms with Crippen molar-refractivity contribution in [3.8, 4) is 0 Å². The zero-order chi connectivity index (χ0) is 8.23. The molecule has 1 aromatic rings. The number of oxazole rings is 1. The lowest BCUT2D eigenvalue weighted by Crippen LogP contribution is -2.30. The van der Waals surface area contributed by atoms with Gasteiger partial charge in [0.2, 0.25) is 0 Å². The van der Waals surface area contributed by atoms with Gasteiger partial charge in [0.1, 0.15) is 6.26 Å². The summed E-state index contributed by atoms with van der Waals surface area (Å²) in [6, 6.07) is 0. The topological polar surface area (TPSA) is 38.1 Å². The summed E-state index contributed by atoms with van der Waals surface area (Å²) in [5.74, 6) is 1.60. The smallest absolute Gasteiger partial charge is 0.194 e. The molecule has 0 saturated carbocycles. The lowest BCUT2D eigenvalue weighted by atomic mass is 9.96. The van der Waals surface area contributed by atoms with Crippen LogP contribution in [0, 0.1) is 5.92 Å². The summed E-state index contributed by atoms with van der Waals surface area (Å²) in [6.07, 6.45) is 6.93. The van der Waals surface area contributed by atoms with Gasteiger partial charge in [0, 0.05) is 6.42 Å². The second-order valence-corrected chi connectivity index (χ2v) is 3.34. The minimum atomic E-state index is 0.720. The Bertz CT molecular complexity index is 214. The van der Waals surface area contributed by atoms with E-state index in [1.54, 1.807) is 12.5 Å². The summed E-state index contributed by atoms with van der Waals surface area (Å²) in [5, 5.41) is 3.38. The van der Waals surface area contributed by atoms with Crippen LogP contribution < -0.4 is 5.32 Å². The Morgan fingerprint density at radius 2 is 2.67 bits per heavy atom. The van der Waals surface area contributed by atoms with E-state index < -0.39 is 0 Å². The number of piperidine rings is 1. The van der Waals surface area contributed by atoms with Gasteiger partial charge in [0.15, 0.2) is 5.89 Å². The Kier molecular flexibility index (Phi) is 2.42. The van der Waals surface area contributed by atoms with Crippen molar-refractivity contribution >= 4 is 0 Å². The second-order valence-electron chi connectivity index (χ2n) is 3.34. The highest BCUT2D eigenvalue weighted by molar-refractivity contribution is 4.84. The van der Waals surface area contributed by atoms with Gasteiger partial charge in [0.05, 0.1) is 6.20 Å². The van der Waals surface area contributed by atoms with Crippen molar-refractivity contribution in [2.24, 2.45) is 5.92 Å². The van der Waals surface area contributed by atoms with Gasteiger partial charge >= 0.3 is 0 Å². The van der Waals surface area contributed by atoms with Crippen LogP contribution in [-0.2, 0) is 6.42 Å². The molecule has 1 unspecified atom stereocenters. The average molecular weight is 166 g/mol. The maximum Gasteiger partial charge on any atom is 0.194 e. The highest BCUT2D eigenvalue weighted by Gasteiger charge is 2.14. The molecule has 0 aliphatic carbocycles. The van der Waals surface area contributed by atoms with E-state index >= 15 is 0 Å². The lowest BCUT2D eigenvalue weighted by Gasteiger charge is -2.20. The Hall–Kier alpha value is -0.830. The first-order valence-electron chi connectivity index (χ1n) is 4.54. The maximum atomic E-state index is 5.20. The van der Waals surface area contributed by atoms with E-state index in [0.29, 0.717) is 0 Å². The SMILES string of the molecule is c1coc(CC2CCCNC2)n1.